The Hall–Kier alpha value is -1.02. The van der Waals surface area contributed by atoms with Crippen molar-refractivity contribution in [2.24, 2.45) is 0 Å². The Bertz CT molecular complexity index is 251. The molecule has 1 nitrogen and oxygen atoms in total. The van der Waals surface area contributed by atoms with Crippen LogP contribution in [0.3, 0.4) is 0 Å². The summed E-state index contributed by atoms with van der Waals surface area (Å²) in [5.41, 5.74) is 1.24. The normalized spacial score (nSPS) is 12.7. The Morgan fingerprint density at radius 1 is 1.09 bits per heavy atom. The van der Waals surface area contributed by atoms with E-state index in [1.165, 1.54) is 5.56 Å². The van der Waals surface area contributed by atoms with E-state index in [1.54, 1.807) is 0 Å². The molecule has 3 rings (SSSR count). The van der Waals surface area contributed by atoms with E-state index in [0.29, 0.717) is 6.61 Å². The molecule has 2 heterocycles. The largest absolute Gasteiger partial charge is 0.490 e. The van der Waals surface area contributed by atoms with Crippen LogP contribution in [0.1, 0.15) is 5.56 Å². The first-order chi connectivity index (χ1) is 4.95. The maximum absolute atomic E-state index is 5.31. The van der Waals surface area contributed by atoms with Crippen LogP contribution in [0.25, 0.3) is 6.08 Å². The lowest BCUT2D eigenvalue weighted by Crippen LogP contribution is -1.94. The van der Waals surface area contributed by atoms with Crippen molar-refractivity contribution in [2.75, 3.05) is 6.61 Å². The summed E-state index contributed by atoms with van der Waals surface area (Å²) in [5, 5.41) is 0. The number of hydrogen-bond donors (Lipinski definition) is 0. The van der Waals surface area contributed by atoms with Crippen molar-refractivity contribution in [3.8, 4) is 5.75 Å². The van der Waals surface area contributed by atoms with Crippen LogP contribution in [-0.2, 0) is 0 Å². The molecule has 2 aliphatic heterocycles. The minimum absolute atomic E-state index is 0. The molecule has 58 valence electrons. The molecule has 0 amide bonds. The van der Waals surface area contributed by atoms with Gasteiger partial charge in [0.25, 0.3) is 0 Å². The highest BCUT2D eigenvalue weighted by atomic mass is 28.1. The molecule has 2 aliphatic rings. The summed E-state index contributed by atoms with van der Waals surface area (Å²) in [6.45, 7) is 0.688. The third-order valence-corrected chi connectivity index (χ3v) is 1.54. The second-order valence-corrected chi connectivity index (χ2v) is 2.28. The van der Waals surface area contributed by atoms with Gasteiger partial charge in [-0.3, -0.25) is 0 Å². The third kappa shape index (κ3) is 1.71. The van der Waals surface area contributed by atoms with Gasteiger partial charge in [-0.25, -0.2) is 0 Å². The van der Waals surface area contributed by atoms with Crippen LogP contribution >= 0.6 is 0 Å². The SMILES string of the molecule is C1=Cc2ccc(cc2)OC1.[SiH4]. The molecule has 0 spiro atoms. The fourth-order valence-corrected chi connectivity index (χ4v) is 1.00. The van der Waals surface area contributed by atoms with Gasteiger partial charge in [-0.1, -0.05) is 18.2 Å². The maximum atomic E-state index is 5.31. The molecule has 0 unspecified atom stereocenters. The second-order valence-electron chi connectivity index (χ2n) is 2.28. The van der Waals surface area contributed by atoms with Crippen LogP contribution in [0.5, 0.6) is 5.75 Å². The van der Waals surface area contributed by atoms with Gasteiger partial charge in [-0.2, -0.15) is 0 Å². The van der Waals surface area contributed by atoms with E-state index in [-0.39, 0.29) is 11.0 Å². The van der Waals surface area contributed by atoms with E-state index >= 15 is 0 Å². The lowest BCUT2D eigenvalue weighted by atomic mass is 10.2. The average molecular weight is 164 g/mol. The smallest absolute Gasteiger partial charge is 0.119 e. The van der Waals surface area contributed by atoms with Crippen molar-refractivity contribution < 1.29 is 4.74 Å². The second kappa shape index (κ2) is 3.39. The zero-order valence-electron chi connectivity index (χ0n) is 5.58. The molecule has 0 saturated heterocycles. The topological polar surface area (TPSA) is 9.23 Å². The lowest BCUT2D eigenvalue weighted by molar-refractivity contribution is 0.363. The Balaban J connectivity index is 0.000000605. The molecule has 0 aromatic heterocycles. The van der Waals surface area contributed by atoms with E-state index in [2.05, 4.69) is 6.08 Å². The van der Waals surface area contributed by atoms with E-state index in [4.69, 9.17) is 4.74 Å². The predicted octanol–water partition coefficient (Wildman–Crippen LogP) is 0.641. The van der Waals surface area contributed by atoms with Crippen molar-refractivity contribution in [3.05, 3.63) is 35.9 Å². The van der Waals surface area contributed by atoms with Crippen LogP contribution in [0.2, 0.25) is 0 Å². The molecule has 2 bridgehead atoms. The van der Waals surface area contributed by atoms with Crippen molar-refractivity contribution in [1.82, 2.24) is 0 Å². The average Bonchev–Trinajstić information content (AvgIpc) is 1.89. The molecule has 0 fully saturated rings. The monoisotopic (exact) mass is 164 g/mol. The van der Waals surface area contributed by atoms with Gasteiger partial charge in [0.15, 0.2) is 0 Å². The Morgan fingerprint density at radius 2 is 1.82 bits per heavy atom. The summed E-state index contributed by atoms with van der Waals surface area (Å²) in [5.74, 6) is 0.952. The van der Waals surface area contributed by atoms with Crippen LogP contribution in [0.4, 0.5) is 0 Å². The summed E-state index contributed by atoms with van der Waals surface area (Å²) in [6.07, 6.45) is 4.07. The predicted molar refractivity (Wildman–Crippen MR) is 52.3 cm³/mol. The fourth-order valence-electron chi connectivity index (χ4n) is 1.00. The summed E-state index contributed by atoms with van der Waals surface area (Å²) in [7, 11) is 0. The Kier molecular flexibility index (Phi) is 2.49. The first kappa shape index (κ1) is 8.08. The van der Waals surface area contributed by atoms with Gasteiger partial charge in [0.2, 0.25) is 0 Å². The summed E-state index contributed by atoms with van der Waals surface area (Å²) < 4.78 is 5.31. The van der Waals surface area contributed by atoms with Crippen LogP contribution < -0.4 is 4.74 Å². The van der Waals surface area contributed by atoms with Gasteiger partial charge in [-0.15, -0.1) is 0 Å². The van der Waals surface area contributed by atoms with Gasteiger partial charge in [0, 0.05) is 0 Å². The van der Waals surface area contributed by atoms with E-state index in [1.807, 2.05) is 30.3 Å². The third-order valence-electron chi connectivity index (χ3n) is 1.54. The molecule has 0 aliphatic carbocycles. The molecule has 1 aromatic rings. The molecule has 0 radical (unpaired) electrons. The molecule has 2 heteroatoms. The molecular weight excluding hydrogens is 152 g/mol. The number of ether oxygens (including phenoxy) is 1. The van der Waals surface area contributed by atoms with Gasteiger partial charge in [0.1, 0.15) is 12.4 Å². The van der Waals surface area contributed by atoms with Crippen LogP contribution in [0.15, 0.2) is 30.3 Å². The maximum Gasteiger partial charge on any atom is 0.119 e. The molecule has 11 heavy (non-hydrogen) atoms. The van der Waals surface area contributed by atoms with E-state index in [0.717, 1.165) is 5.75 Å². The van der Waals surface area contributed by atoms with Gasteiger partial charge >= 0.3 is 0 Å². The van der Waals surface area contributed by atoms with E-state index < -0.39 is 0 Å². The van der Waals surface area contributed by atoms with Crippen molar-refractivity contribution in [1.29, 1.82) is 0 Å². The zero-order chi connectivity index (χ0) is 6.81. The quantitative estimate of drug-likeness (QED) is 0.511. The van der Waals surface area contributed by atoms with Crippen LogP contribution in [-0.4, -0.2) is 17.6 Å². The minimum atomic E-state index is 0. The van der Waals surface area contributed by atoms with Crippen molar-refractivity contribution in [3.63, 3.8) is 0 Å². The lowest BCUT2D eigenvalue weighted by Gasteiger charge is -2.06. The highest BCUT2D eigenvalue weighted by Gasteiger charge is 1.94. The van der Waals surface area contributed by atoms with Crippen molar-refractivity contribution in [2.45, 2.75) is 0 Å². The molecule has 0 N–H and O–H groups in total. The number of hydrogen-bond acceptors (Lipinski definition) is 1. The Morgan fingerprint density at radius 3 is 2.55 bits per heavy atom. The number of benzene rings is 1. The highest BCUT2D eigenvalue weighted by Crippen LogP contribution is 2.15. The zero-order valence-corrected chi connectivity index (χ0v) is 5.58. The van der Waals surface area contributed by atoms with E-state index in [9.17, 15) is 0 Å². The first-order valence-corrected chi connectivity index (χ1v) is 3.34. The molecule has 0 saturated carbocycles. The number of rotatable bonds is 0. The molecule has 1 aromatic carbocycles. The van der Waals surface area contributed by atoms with Crippen LogP contribution in [0, 0.1) is 0 Å². The van der Waals surface area contributed by atoms with Gasteiger partial charge < -0.3 is 4.74 Å². The molecular formula is C9H12OSi. The standard InChI is InChI=1S/C9H8O.H4Si/c1-2-8-3-5-9(6-4-8)10-7-1;/h1-6H,7H2;1H4. The molecule has 0 atom stereocenters. The first-order valence-electron chi connectivity index (χ1n) is 3.34. The van der Waals surface area contributed by atoms with Gasteiger partial charge in [-0.05, 0) is 34.7 Å². The van der Waals surface area contributed by atoms with Gasteiger partial charge in [0.05, 0.1) is 0 Å². The summed E-state index contributed by atoms with van der Waals surface area (Å²) in [6, 6.07) is 8.06. The summed E-state index contributed by atoms with van der Waals surface area (Å²) in [4.78, 5) is 0. The summed E-state index contributed by atoms with van der Waals surface area (Å²) >= 11 is 0. The number of fused-ring (bicyclic) bond motifs is 4. The highest BCUT2D eigenvalue weighted by molar-refractivity contribution is 5.75. The fraction of sp³-hybridized carbons (Fsp3) is 0.111. The van der Waals surface area contributed by atoms with Crippen molar-refractivity contribution >= 4 is 17.0 Å². The minimum Gasteiger partial charge on any atom is -0.490 e. The Labute approximate surface area is 70.7 Å².